The second kappa shape index (κ2) is 6.02. The van der Waals surface area contributed by atoms with E-state index in [1.165, 1.54) is 58.3 Å². The number of rotatable bonds is 6. The number of unbranched alkanes of at least 4 members (excludes halogenated alkanes) is 1. The molecule has 0 aromatic heterocycles. The van der Waals surface area contributed by atoms with Gasteiger partial charge >= 0.3 is 0 Å². The van der Waals surface area contributed by atoms with Gasteiger partial charge in [0.25, 0.3) is 0 Å². The second-order valence-corrected chi connectivity index (χ2v) is 5.98. The largest absolute Gasteiger partial charge is 0.314 e. The van der Waals surface area contributed by atoms with Gasteiger partial charge in [0.2, 0.25) is 0 Å². The maximum Gasteiger partial charge on any atom is 0.00682 e. The van der Waals surface area contributed by atoms with Crippen molar-refractivity contribution in [1.82, 2.24) is 10.2 Å². The highest BCUT2D eigenvalue weighted by Crippen LogP contribution is 2.22. The molecule has 1 N–H and O–H groups in total. The van der Waals surface area contributed by atoms with Crippen LogP contribution in [0.15, 0.2) is 0 Å². The molecular weight excluding hydrogens is 196 g/mol. The number of likely N-dealkylation sites (tertiary alicyclic amines) is 1. The Balaban J connectivity index is 1.48. The summed E-state index contributed by atoms with van der Waals surface area (Å²) in [6.07, 6.45) is 6.97. The van der Waals surface area contributed by atoms with Crippen molar-refractivity contribution in [2.24, 2.45) is 11.8 Å². The second-order valence-electron chi connectivity index (χ2n) is 5.98. The Morgan fingerprint density at radius 1 is 1.06 bits per heavy atom. The van der Waals surface area contributed by atoms with Gasteiger partial charge in [0, 0.05) is 12.6 Å². The number of hydrogen-bond acceptors (Lipinski definition) is 2. The van der Waals surface area contributed by atoms with E-state index in [2.05, 4.69) is 24.1 Å². The molecule has 1 saturated heterocycles. The summed E-state index contributed by atoms with van der Waals surface area (Å²) in [6.45, 7) is 10.0. The highest BCUT2D eigenvalue weighted by atomic mass is 15.1. The minimum Gasteiger partial charge on any atom is -0.314 e. The van der Waals surface area contributed by atoms with Crippen LogP contribution in [0.2, 0.25) is 0 Å². The van der Waals surface area contributed by atoms with Crippen molar-refractivity contribution < 1.29 is 0 Å². The molecule has 0 bridgehead atoms. The van der Waals surface area contributed by atoms with Crippen molar-refractivity contribution in [3.05, 3.63) is 0 Å². The average molecular weight is 224 g/mol. The number of nitrogens with one attached hydrogen (secondary N) is 1. The number of hydrogen-bond donors (Lipinski definition) is 1. The summed E-state index contributed by atoms with van der Waals surface area (Å²) in [5, 5.41) is 3.59. The van der Waals surface area contributed by atoms with Crippen molar-refractivity contribution >= 4 is 0 Å². The van der Waals surface area contributed by atoms with Crippen LogP contribution in [0.5, 0.6) is 0 Å². The summed E-state index contributed by atoms with van der Waals surface area (Å²) < 4.78 is 0. The molecule has 94 valence electrons. The Morgan fingerprint density at radius 3 is 2.56 bits per heavy atom. The molecule has 2 rings (SSSR count). The van der Waals surface area contributed by atoms with E-state index in [9.17, 15) is 0 Å². The molecule has 2 fully saturated rings. The van der Waals surface area contributed by atoms with Crippen LogP contribution in [-0.2, 0) is 0 Å². The summed E-state index contributed by atoms with van der Waals surface area (Å²) in [5.74, 6) is 1.84. The summed E-state index contributed by atoms with van der Waals surface area (Å²) >= 11 is 0. The Morgan fingerprint density at radius 2 is 1.88 bits per heavy atom. The normalized spacial score (nSPS) is 31.9. The molecule has 1 aliphatic heterocycles. The van der Waals surface area contributed by atoms with Crippen LogP contribution in [0.25, 0.3) is 0 Å². The van der Waals surface area contributed by atoms with Crippen LogP contribution in [-0.4, -0.2) is 37.1 Å². The molecule has 2 aliphatic rings. The van der Waals surface area contributed by atoms with Gasteiger partial charge in [-0.25, -0.2) is 0 Å². The van der Waals surface area contributed by atoms with Crippen molar-refractivity contribution in [2.45, 2.75) is 52.0 Å². The molecule has 0 amide bonds. The Labute approximate surface area is 101 Å². The van der Waals surface area contributed by atoms with Crippen LogP contribution in [0.3, 0.4) is 0 Å². The van der Waals surface area contributed by atoms with Crippen molar-refractivity contribution in [2.75, 3.05) is 26.2 Å². The molecule has 0 aromatic rings. The first-order chi connectivity index (χ1) is 7.75. The average Bonchev–Trinajstić information content (AvgIpc) is 3.07. The van der Waals surface area contributed by atoms with Gasteiger partial charge in [0.15, 0.2) is 0 Å². The third-order valence-electron chi connectivity index (χ3n) is 4.33. The zero-order valence-corrected chi connectivity index (χ0v) is 11.0. The van der Waals surface area contributed by atoms with Gasteiger partial charge in [0.05, 0.1) is 0 Å². The molecule has 16 heavy (non-hydrogen) atoms. The van der Waals surface area contributed by atoms with Crippen LogP contribution in [0.4, 0.5) is 0 Å². The van der Waals surface area contributed by atoms with Gasteiger partial charge in [-0.05, 0) is 63.6 Å². The molecule has 2 unspecified atom stereocenters. The fourth-order valence-corrected chi connectivity index (χ4v) is 2.61. The third kappa shape index (κ3) is 4.06. The van der Waals surface area contributed by atoms with Crippen molar-refractivity contribution in [3.63, 3.8) is 0 Å². The molecular formula is C14H28N2. The van der Waals surface area contributed by atoms with Gasteiger partial charge < -0.3 is 10.2 Å². The number of nitrogens with zero attached hydrogens (tertiary/aromatic N) is 1. The third-order valence-corrected chi connectivity index (χ3v) is 4.33. The fourth-order valence-electron chi connectivity index (χ4n) is 2.61. The Hall–Kier alpha value is -0.0800. The lowest BCUT2D eigenvalue weighted by Crippen LogP contribution is -2.39. The van der Waals surface area contributed by atoms with E-state index in [0.29, 0.717) is 0 Å². The first kappa shape index (κ1) is 12.4. The molecule has 1 saturated carbocycles. The molecule has 2 nitrogen and oxygen atoms in total. The van der Waals surface area contributed by atoms with Crippen LogP contribution < -0.4 is 5.32 Å². The molecule has 0 spiro atoms. The number of piperidine rings is 1. The molecule has 2 heteroatoms. The van der Waals surface area contributed by atoms with E-state index in [-0.39, 0.29) is 0 Å². The van der Waals surface area contributed by atoms with Gasteiger partial charge in [-0.3, -0.25) is 0 Å². The van der Waals surface area contributed by atoms with E-state index in [1.807, 2.05) is 0 Å². The van der Waals surface area contributed by atoms with Gasteiger partial charge in [-0.2, -0.15) is 0 Å². The van der Waals surface area contributed by atoms with Crippen LogP contribution >= 0.6 is 0 Å². The first-order valence-electron chi connectivity index (χ1n) is 7.21. The summed E-state index contributed by atoms with van der Waals surface area (Å²) in [4.78, 5) is 2.67. The molecule has 1 heterocycles. The summed E-state index contributed by atoms with van der Waals surface area (Å²) in [5.41, 5.74) is 0. The minimum absolute atomic E-state index is 0.885. The fraction of sp³-hybridized carbons (Fsp3) is 1.00. The van der Waals surface area contributed by atoms with E-state index >= 15 is 0 Å². The lowest BCUT2D eigenvalue weighted by Gasteiger charge is -2.35. The highest BCUT2D eigenvalue weighted by Gasteiger charge is 2.22. The van der Waals surface area contributed by atoms with Crippen LogP contribution in [0.1, 0.15) is 46.0 Å². The van der Waals surface area contributed by atoms with Crippen molar-refractivity contribution in [1.29, 1.82) is 0 Å². The molecule has 0 radical (unpaired) electrons. The maximum atomic E-state index is 3.59. The zero-order valence-electron chi connectivity index (χ0n) is 11.0. The van der Waals surface area contributed by atoms with E-state index in [1.54, 1.807) is 0 Å². The summed E-state index contributed by atoms with van der Waals surface area (Å²) in [7, 11) is 0. The Kier molecular flexibility index (Phi) is 4.66. The van der Waals surface area contributed by atoms with Crippen molar-refractivity contribution in [3.8, 4) is 0 Å². The molecule has 1 aliphatic carbocycles. The van der Waals surface area contributed by atoms with E-state index < -0.39 is 0 Å². The molecule has 2 atom stereocenters. The zero-order chi connectivity index (χ0) is 11.4. The predicted molar refractivity (Wildman–Crippen MR) is 69.6 cm³/mol. The Bertz CT molecular complexity index is 201. The van der Waals surface area contributed by atoms with E-state index in [4.69, 9.17) is 0 Å². The maximum absolute atomic E-state index is 3.59. The lowest BCUT2D eigenvalue weighted by molar-refractivity contribution is 0.136. The quantitative estimate of drug-likeness (QED) is 0.697. The smallest absolute Gasteiger partial charge is 0.00682 e. The standard InChI is InChI=1S/C14H28N2/c1-12-7-10-16(11-13(12)2)9-4-3-8-15-14-5-6-14/h12-15H,3-11H2,1-2H3. The predicted octanol–water partition coefficient (Wildman–Crippen LogP) is 2.50. The molecule has 0 aromatic carbocycles. The lowest BCUT2D eigenvalue weighted by atomic mass is 9.88. The summed E-state index contributed by atoms with van der Waals surface area (Å²) in [6, 6.07) is 0.885. The highest BCUT2D eigenvalue weighted by molar-refractivity contribution is 4.80. The van der Waals surface area contributed by atoms with E-state index in [0.717, 1.165) is 17.9 Å². The SMILES string of the molecule is CC1CCN(CCCCNC2CC2)CC1C. The van der Waals surface area contributed by atoms with Crippen LogP contribution in [0, 0.1) is 11.8 Å². The topological polar surface area (TPSA) is 15.3 Å². The van der Waals surface area contributed by atoms with Gasteiger partial charge in [0.1, 0.15) is 0 Å². The van der Waals surface area contributed by atoms with Gasteiger partial charge in [-0.15, -0.1) is 0 Å². The minimum atomic E-state index is 0.885. The van der Waals surface area contributed by atoms with Gasteiger partial charge in [-0.1, -0.05) is 13.8 Å². The first-order valence-corrected chi connectivity index (χ1v) is 7.21. The monoisotopic (exact) mass is 224 g/mol.